The first-order valence-corrected chi connectivity index (χ1v) is 13.6. The van der Waals surface area contributed by atoms with Crippen molar-refractivity contribution in [2.75, 3.05) is 6.61 Å². The van der Waals surface area contributed by atoms with Gasteiger partial charge in [0.1, 0.15) is 6.10 Å². The highest BCUT2D eigenvalue weighted by Gasteiger charge is 2.55. The lowest BCUT2D eigenvalue weighted by molar-refractivity contribution is -0.153. The SMILES string of the molecule is CC1(C)O[C@@H]2C(=O)C(I)=C(CO[Si](c3ccccc3)(c3ccccc3)C(C)(C)C)[C@H]2O1. The predicted octanol–water partition coefficient (Wildman–Crippen LogP) is 4.35. The molecule has 4 nitrogen and oxygen atoms in total. The molecule has 2 atom stereocenters. The zero-order chi connectivity index (χ0) is 22.4. The molecule has 6 heteroatoms. The Balaban J connectivity index is 1.77. The van der Waals surface area contributed by atoms with Crippen molar-refractivity contribution in [1.82, 2.24) is 0 Å². The largest absolute Gasteiger partial charge is 0.403 e. The van der Waals surface area contributed by atoms with E-state index in [1.165, 1.54) is 10.4 Å². The van der Waals surface area contributed by atoms with E-state index in [1.54, 1.807) is 0 Å². The third-order valence-corrected chi connectivity index (χ3v) is 12.3. The Bertz CT molecular complexity index is 956. The molecule has 4 rings (SSSR count). The van der Waals surface area contributed by atoms with E-state index in [0.717, 1.165) is 5.57 Å². The van der Waals surface area contributed by atoms with Gasteiger partial charge >= 0.3 is 0 Å². The maximum atomic E-state index is 12.8. The Morgan fingerprint density at radius 3 is 1.90 bits per heavy atom. The van der Waals surface area contributed by atoms with Crippen LogP contribution in [0.4, 0.5) is 0 Å². The molecule has 1 saturated heterocycles. The first kappa shape index (κ1) is 22.9. The summed E-state index contributed by atoms with van der Waals surface area (Å²) in [7, 11) is -2.69. The summed E-state index contributed by atoms with van der Waals surface area (Å²) in [6.07, 6.45) is -0.952. The second-order valence-electron chi connectivity index (χ2n) is 9.63. The minimum absolute atomic E-state index is 0.00257. The van der Waals surface area contributed by atoms with E-state index in [1.807, 2.05) is 26.0 Å². The lowest BCUT2D eigenvalue weighted by Gasteiger charge is -2.43. The van der Waals surface area contributed by atoms with Gasteiger partial charge in [0.25, 0.3) is 8.32 Å². The minimum atomic E-state index is -2.69. The molecule has 1 aliphatic heterocycles. The molecule has 0 bridgehead atoms. The van der Waals surface area contributed by atoms with Crippen LogP contribution in [0.15, 0.2) is 69.8 Å². The number of hydrogen-bond acceptors (Lipinski definition) is 4. The molecule has 0 amide bonds. The Hall–Kier alpha value is -1.32. The molecule has 2 aliphatic rings. The molecule has 164 valence electrons. The predicted molar refractivity (Wildman–Crippen MR) is 133 cm³/mol. The smallest absolute Gasteiger partial charge is 0.261 e. The van der Waals surface area contributed by atoms with E-state index in [9.17, 15) is 4.79 Å². The number of Topliss-reactive ketones (excluding diaryl/α,β-unsaturated/α-hetero) is 1. The Labute approximate surface area is 199 Å². The van der Waals surface area contributed by atoms with Gasteiger partial charge in [0.2, 0.25) is 5.78 Å². The van der Waals surface area contributed by atoms with Crippen molar-refractivity contribution in [3.63, 3.8) is 0 Å². The molecule has 0 N–H and O–H groups in total. The number of carbonyl (C=O) groups is 1. The molecular weight excluding hydrogens is 519 g/mol. The van der Waals surface area contributed by atoms with Crippen molar-refractivity contribution in [1.29, 1.82) is 0 Å². The highest BCUT2D eigenvalue weighted by Crippen LogP contribution is 2.43. The summed E-state index contributed by atoms with van der Waals surface area (Å²) in [4.78, 5) is 12.8. The fourth-order valence-electron chi connectivity index (χ4n) is 4.71. The van der Waals surface area contributed by atoms with Crippen LogP contribution in [0.2, 0.25) is 5.04 Å². The normalized spacial score (nSPS) is 23.4. The standard InChI is InChI=1S/C25H29IO4Si/c1-24(2,3)31(17-12-8-6-9-13-17,18-14-10-7-11-15-18)28-16-19-20(26)21(27)23-22(19)29-25(4,5)30-23/h6-15,22-23H,16H2,1-5H3/t22-,23-/m1/s1. The number of carbonyl (C=O) groups excluding carboxylic acids is 1. The van der Waals surface area contributed by atoms with Crippen LogP contribution in [0.1, 0.15) is 34.6 Å². The van der Waals surface area contributed by atoms with E-state index in [0.29, 0.717) is 10.2 Å². The number of ether oxygens (including phenoxy) is 2. The van der Waals surface area contributed by atoms with Gasteiger partial charge in [-0.1, -0.05) is 81.4 Å². The van der Waals surface area contributed by atoms with Gasteiger partial charge in [0, 0.05) is 5.57 Å². The average molecular weight is 548 g/mol. The van der Waals surface area contributed by atoms with Crippen molar-refractivity contribution >= 4 is 47.1 Å². The van der Waals surface area contributed by atoms with Gasteiger partial charge in [0.05, 0.1) is 10.2 Å². The highest BCUT2D eigenvalue weighted by atomic mass is 127. The van der Waals surface area contributed by atoms with Crippen LogP contribution in [0.25, 0.3) is 0 Å². The molecule has 0 spiro atoms. The van der Waals surface area contributed by atoms with Crippen molar-refractivity contribution in [2.24, 2.45) is 0 Å². The molecule has 1 heterocycles. The van der Waals surface area contributed by atoms with Crippen molar-refractivity contribution in [2.45, 2.75) is 57.7 Å². The third-order valence-electron chi connectivity index (χ3n) is 6.06. The number of fused-ring (bicyclic) bond motifs is 1. The highest BCUT2D eigenvalue weighted by molar-refractivity contribution is 14.1. The van der Waals surface area contributed by atoms with Crippen LogP contribution in [0.3, 0.4) is 0 Å². The first-order valence-electron chi connectivity index (χ1n) is 10.6. The molecule has 0 unspecified atom stereocenters. The molecule has 1 aliphatic carbocycles. The van der Waals surface area contributed by atoms with E-state index in [2.05, 4.69) is 91.9 Å². The summed E-state index contributed by atoms with van der Waals surface area (Å²) in [6.45, 7) is 10.8. The number of rotatable bonds is 5. The summed E-state index contributed by atoms with van der Waals surface area (Å²) in [6, 6.07) is 21.0. The lowest BCUT2D eigenvalue weighted by atomic mass is 10.2. The van der Waals surface area contributed by atoms with Crippen LogP contribution in [-0.2, 0) is 18.7 Å². The van der Waals surface area contributed by atoms with Gasteiger partial charge in [0.15, 0.2) is 11.9 Å². The van der Waals surface area contributed by atoms with Gasteiger partial charge < -0.3 is 13.9 Å². The molecule has 1 fully saturated rings. The third kappa shape index (κ3) is 3.97. The Morgan fingerprint density at radius 2 is 1.42 bits per heavy atom. The van der Waals surface area contributed by atoms with Crippen molar-refractivity contribution in [3.8, 4) is 0 Å². The molecule has 0 saturated carbocycles. The van der Waals surface area contributed by atoms with Crippen molar-refractivity contribution < 1.29 is 18.7 Å². The zero-order valence-electron chi connectivity index (χ0n) is 18.6. The average Bonchev–Trinajstić information content (AvgIpc) is 3.15. The molecular formula is C25H29IO4Si. The molecule has 0 aromatic heterocycles. The van der Waals surface area contributed by atoms with Crippen molar-refractivity contribution in [3.05, 3.63) is 69.8 Å². The van der Waals surface area contributed by atoms with Gasteiger partial charge in [-0.3, -0.25) is 4.79 Å². The minimum Gasteiger partial charge on any atom is -0.403 e. The first-order chi connectivity index (χ1) is 14.6. The van der Waals surface area contributed by atoms with E-state index >= 15 is 0 Å². The van der Waals surface area contributed by atoms with Crippen LogP contribution in [0, 0.1) is 0 Å². The number of halogens is 1. The number of benzene rings is 2. The van der Waals surface area contributed by atoms with E-state index in [4.69, 9.17) is 13.9 Å². The number of ketones is 1. The van der Waals surface area contributed by atoms with E-state index in [-0.39, 0.29) is 16.9 Å². The second kappa shape index (κ2) is 8.23. The molecule has 0 radical (unpaired) electrons. The summed E-state index contributed by atoms with van der Waals surface area (Å²) in [5, 5.41) is 2.30. The molecule has 2 aromatic carbocycles. The van der Waals surface area contributed by atoms with Crippen LogP contribution >= 0.6 is 22.6 Å². The van der Waals surface area contributed by atoms with Crippen LogP contribution in [0.5, 0.6) is 0 Å². The van der Waals surface area contributed by atoms with Crippen LogP contribution in [-0.4, -0.2) is 38.7 Å². The van der Waals surface area contributed by atoms with Gasteiger partial charge in [-0.05, 0) is 51.9 Å². The maximum Gasteiger partial charge on any atom is 0.261 e. The lowest BCUT2D eigenvalue weighted by Crippen LogP contribution is -2.66. The molecule has 2 aromatic rings. The van der Waals surface area contributed by atoms with Gasteiger partial charge in [-0.25, -0.2) is 0 Å². The zero-order valence-corrected chi connectivity index (χ0v) is 21.8. The second-order valence-corrected chi connectivity index (χ2v) is 15.0. The van der Waals surface area contributed by atoms with Gasteiger partial charge in [-0.15, -0.1) is 0 Å². The molecule has 31 heavy (non-hydrogen) atoms. The fourth-order valence-corrected chi connectivity index (χ4v) is 10.0. The Morgan fingerprint density at radius 1 is 0.935 bits per heavy atom. The summed E-state index contributed by atoms with van der Waals surface area (Å²) in [5.74, 6) is -0.775. The monoisotopic (exact) mass is 548 g/mol. The summed E-state index contributed by atoms with van der Waals surface area (Å²) < 4.78 is 19.7. The summed E-state index contributed by atoms with van der Waals surface area (Å²) >= 11 is 2.13. The fraction of sp³-hybridized carbons (Fsp3) is 0.400. The quantitative estimate of drug-likeness (QED) is 0.412. The van der Waals surface area contributed by atoms with E-state index < -0.39 is 20.2 Å². The van der Waals surface area contributed by atoms with Gasteiger partial charge in [-0.2, -0.15) is 0 Å². The summed E-state index contributed by atoms with van der Waals surface area (Å²) in [5.41, 5.74) is 0.897. The Kier molecular flexibility index (Phi) is 6.06. The number of hydrogen-bond donors (Lipinski definition) is 0. The van der Waals surface area contributed by atoms with Crippen LogP contribution < -0.4 is 10.4 Å². The topological polar surface area (TPSA) is 44.8 Å². The maximum absolute atomic E-state index is 12.8.